The van der Waals surface area contributed by atoms with E-state index in [9.17, 15) is 9.90 Å². The molecule has 1 saturated heterocycles. The van der Waals surface area contributed by atoms with Crippen LogP contribution in [0.2, 0.25) is 0 Å². The number of aliphatic hydroxyl groups excluding tert-OH is 1. The zero-order chi connectivity index (χ0) is 14.0. The Kier molecular flexibility index (Phi) is 4.47. The van der Waals surface area contributed by atoms with Gasteiger partial charge in [-0.05, 0) is 30.5 Å². The van der Waals surface area contributed by atoms with Crippen molar-refractivity contribution < 1.29 is 14.6 Å². The second-order valence-electron chi connectivity index (χ2n) is 4.93. The van der Waals surface area contributed by atoms with Gasteiger partial charge in [-0.1, -0.05) is 22.9 Å². The molecule has 1 aliphatic heterocycles. The molecular formula is C14H18BrNO3. The van der Waals surface area contributed by atoms with Crippen LogP contribution in [0.3, 0.4) is 0 Å². The fourth-order valence-corrected chi connectivity index (χ4v) is 2.59. The minimum Gasteiger partial charge on any atom is -0.496 e. The smallest absolute Gasteiger partial charge is 0.257 e. The number of β-amino-alcohol motifs (C(OH)–C–C–N with tert-alkyl or cyclic N) is 1. The van der Waals surface area contributed by atoms with Gasteiger partial charge in [-0.15, -0.1) is 0 Å². The number of rotatable bonds is 2. The average Bonchev–Trinajstić information content (AvgIpc) is 2.41. The van der Waals surface area contributed by atoms with E-state index in [0.29, 0.717) is 24.4 Å². The van der Waals surface area contributed by atoms with Crippen LogP contribution in [0.5, 0.6) is 5.75 Å². The first-order chi connectivity index (χ1) is 9.02. The normalized spacial score (nSPS) is 23.3. The van der Waals surface area contributed by atoms with E-state index in [2.05, 4.69) is 15.9 Å². The first-order valence-corrected chi connectivity index (χ1v) is 7.13. The van der Waals surface area contributed by atoms with Gasteiger partial charge in [0.15, 0.2) is 0 Å². The highest BCUT2D eigenvalue weighted by Gasteiger charge is 2.29. The molecule has 0 bridgehead atoms. The molecule has 1 fully saturated rings. The summed E-state index contributed by atoms with van der Waals surface area (Å²) in [5.41, 5.74) is 0.535. The number of piperidine rings is 1. The first-order valence-electron chi connectivity index (χ1n) is 6.33. The van der Waals surface area contributed by atoms with Crippen molar-refractivity contribution in [3.05, 3.63) is 28.2 Å². The molecule has 0 radical (unpaired) electrons. The van der Waals surface area contributed by atoms with Gasteiger partial charge in [0.1, 0.15) is 5.75 Å². The highest BCUT2D eigenvalue weighted by atomic mass is 79.9. The quantitative estimate of drug-likeness (QED) is 0.906. The number of halogens is 1. The van der Waals surface area contributed by atoms with Crippen molar-refractivity contribution in [2.45, 2.75) is 19.4 Å². The predicted molar refractivity (Wildman–Crippen MR) is 76.4 cm³/mol. The van der Waals surface area contributed by atoms with Crippen molar-refractivity contribution in [3.8, 4) is 5.75 Å². The number of ether oxygens (including phenoxy) is 1. The van der Waals surface area contributed by atoms with Gasteiger partial charge in [0.25, 0.3) is 5.91 Å². The maximum Gasteiger partial charge on any atom is 0.257 e. The van der Waals surface area contributed by atoms with Crippen LogP contribution in [0.25, 0.3) is 0 Å². The number of carbonyl (C=O) groups excluding carboxylic acids is 1. The maximum absolute atomic E-state index is 12.5. The summed E-state index contributed by atoms with van der Waals surface area (Å²) in [7, 11) is 1.55. The maximum atomic E-state index is 12.5. The predicted octanol–water partition coefficient (Wildman–Crippen LogP) is 2.30. The van der Waals surface area contributed by atoms with Crippen LogP contribution in [0, 0.1) is 5.92 Å². The lowest BCUT2D eigenvalue weighted by atomic mass is 9.95. The number of amides is 1. The Morgan fingerprint density at radius 3 is 2.89 bits per heavy atom. The zero-order valence-electron chi connectivity index (χ0n) is 11.1. The lowest BCUT2D eigenvalue weighted by Crippen LogP contribution is -2.45. The highest BCUT2D eigenvalue weighted by Crippen LogP contribution is 2.26. The van der Waals surface area contributed by atoms with Gasteiger partial charge in [-0.3, -0.25) is 4.79 Å². The Labute approximate surface area is 121 Å². The van der Waals surface area contributed by atoms with Gasteiger partial charge >= 0.3 is 0 Å². The third kappa shape index (κ3) is 3.09. The molecule has 1 aromatic carbocycles. The second kappa shape index (κ2) is 5.92. The molecule has 0 saturated carbocycles. The largest absolute Gasteiger partial charge is 0.496 e. The summed E-state index contributed by atoms with van der Waals surface area (Å²) in [6.07, 6.45) is 0.380. The summed E-state index contributed by atoms with van der Waals surface area (Å²) < 4.78 is 6.11. The summed E-state index contributed by atoms with van der Waals surface area (Å²) >= 11 is 3.35. The van der Waals surface area contributed by atoms with Crippen molar-refractivity contribution >= 4 is 21.8 Å². The molecule has 2 atom stereocenters. The Morgan fingerprint density at radius 2 is 2.26 bits per heavy atom. The molecule has 5 heteroatoms. The number of hydrogen-bond acceptors (Lipinski definition) is 3. The van der Waals surface area contributed by atoms with Crippen molar-refractivity contribution in [3.63, 3.8) is 0 Å². The SMILES string of the molecule is COc1cc(Br)ccc1C(=O)N1CCC(C)C(O)C1. The van der Waals surface area contributed by atoms with Crippen molar-refractivity contribution in [1.82, 2.24) is 4.90 Å². The minimum atomic E-state index is -0.445. The van der Waals surface area contributed by atoms with Gasteiger partial charge in [0.05, 0.1) is 18.8 Å². The van der Waals surface area contributed by atoms with E-state index in [4.69, 9.17) is 4.74 Å². The topological polar surface area (TPSA) is 49.8 Å². The molecule has 0 spiro atoms. The van der Waals surface area contributed by atoms with E-state index in [1.807, 2.05) is 13.0 Å². The molecule has 1 N–H and O–H groups in total. The third-order valence-electron chi connectivity index (χ3n) is 3.60. The number of hydrogen-bond donors (Lipinski definition) is 1. The average molecular weight is 328 g/mol. The summed E-state index contributed by atoms with van der Waals surface area (Å²) in [5.74, 6) is 0.707. The number of methoxy groups -OCH3 is 1. The Hall–Kier alpha value is -1.07. The van der Waals surface area contributed by atoms with Crippen LogP contribution < -0.4 is 4.74 Å². The van der Waals surface area contributed by atoms with Gasteiger partial charge in [0.2, 0.25) is 0 Å². The first kappa shape index (κ1) is 14.3. The van der Waals surface area contributed by atoms with Gasteiger partial charge in [-0.2, -0.15) is 0 Å². The third-order valence-corrected chi connectivity index (χ3v) is 4.09. The molecule has 1 heterocycles. The van der Waals surface area contributed by atoms with Crippen molar-refractivity contribution in [2.24, 2.45) is 5.92 Å². The Balaban J connectivity index is 2.20. The van der Waals surface area contributed by atoms with Crippen LogP contribution in [0.1, 0.15) is 23.7 Å². The lowest BCUT2D eigenvalue weighted by molar-refractivity contribution is 0.0247. The number of nitrogens with zero attached hydrogens (tertiary/aromatic N) is 1. The molecule has 2 unspecified atom stereocenters. The molecule has 1 aliphatic rings. The molecule has 104 valence electrons. The fraction of sp³-hybridized carbons (Fsp3) is 0.500. The van der Waals surface area contributed by atoms with Crippen LogP contribution in [-0.4, -0.2) is 42.2 Å². The second-order valence-corrected chi connectivity index (χ2v) is 5.84. The highest BCUT2D eigenvalue weighted by molar-refractivity contribution is 9.10. The number of carbonyl (C=O) groups is 1. The summed E-state index contributed by atoms with van der Waals surface area (Å²) in [4.78, 5) is 14.2. The van der Waals surface area contributed by atoms with Crippen LogP contribution >= 0.6 is 15.9 Å². The summed E-state index contributed by atoms with van der Waals surface area (Å²) in [5, 5.41) is 9.88. The van der Waals surface area contributed by atoms with E-state index >= 15 is 0 Å². The zero-order valence-corrected chi connectivity index (χ0v) is 12.7. The van der Waals surface area contributed by atoms with Gasteiger partial charge < -0.3 is 14.7 Å². The van der Waals surface area contributed by atoms with Crippen LogP contribution in [-0.2, 0) is 0 Å². The molecule has 0 aliphatic carbocycles. The van der Waals surface area contributed by atoms with E-state index in [1.54, 1.807) is 24.1 Å². The molecule has 2 rings (SSSR count). The monoisotopic (exact) mass is 327 g/mol. The Morgan fingerprint density at radius 1 is 1.53 bits per heavy atom. The van der Waals surface area contributed by atoms with Gasteiger partial charge in [0, 0.05) is 17.6 Å². The standard InChI is InChI=1S/C14H18BrNO3/c1-9-5-6-16(8-12(9)17)14(18)11-4-3-10(15)7-13(11)19-2/h3-4,7,9,12,17H,5-6,8H2,1-2H3. The molecule has 19 heavy (non-hydrogen) atoms. The summed E-state index contributed by atoms with van der Waals surface area (Å²) in [6, 6.07) is 5.34. The number of aliphatic hydroxyl groups is 1. The Bertz CT molecular complexity index is 478. The van der Waals surface area contributed by atoms with Gasteiger partial charge in [-0.25, -0.2) is 0 Å². The molecule has 0 aromatic heterocycles. The van der Waals surface area contributed by atoms with E-state index in [-0.39, 0.29) is 11.8 Å². The number of benzene rings is 1. The van der Waals surface area contributed by atoms with E-state index in [0.717, 1.165) is 10.9 Å². The molecule has 4 nitrogen and oxygen atoms in total. The molecular weight excluding hydrogens is 310 g/mol. The van der Waals surface area contributed by atoms with Crippen molar-refractivity contribution in [2.75, 3.05) is 20.2 Å². The van der Waals surface area contributed by atoms with E-state index in [1.165, 1.54) is 0 Å². The fourth-order valence-electron chi connectivity index (χ4n) is 2.25. The van der Waals surface area contributed by atoms with Crippen molar-refractivity contribution in [1.29, 1.82) is 0 Å². The number of likely N-dealkylation sites (tertiary alicyclic amines) is 1. The minimum absolute atomic E-state index is 0.0877. The van der Waals surface area contributed by atoms with Crippen LogP contribution in [0.15, 0.2) is 22.7 Å². The van der Waals surface area contributed by atoms with Crippen LogP contribution in [0.4, 0.5) is 0 Å². The summed E-state index contributed by atoms with van der Waals surface area (Å²) in [6.45, 7) is 3.07. The van der Waals surface area contributed by atoms with E-state index < -0.39 is 6.10 Å². The lowest BCUT2D eigenvalue weighted by Gasteiger charge is -2.34. The molecule has 1 amide bonds. The molecule has 1 aromatic rings.